The molecule has 114 valence electrons. The minimum Gasteiger partial charge on any atom is -0.480 e. The van der Waals surface area contributed by atoms with Crippen LogP contribution in [0, 0.1) is 0 Å². The quantitative estimate of drug-likeness (QED) is 0.724. The van der Waals surface area contributed by atoms with E-state index in [2.05, 4.69) is 20.4 Å². The minimum atomic E-state index is -1.07. The summed E-state index contributed by atoms with van der Waals surface area (Å²) in [5.41, 5.74) is 0.0787. The standard InChI is InChI=1S/C11H15N5O5/c1-21-11(20)12-7-2-3-15(4-7)10(19)8-5-16(14-13-8)6-9(17)18/h5,7H,2-4,6H2,1H3,(H,12,20)(H,17,18). The summed E-state index contributed by atoms with van der Waals surface area (Å²) in [6.45, 7) is 0.464. The van der Waals surface area contributed by atoms with E-state index in [-0.39, 0.29) is 24.2 Å². The van der Waals surface area contributed by atoms with Crippen molar-refractivity contribution < 1.29 is 24.2 Å². The van der Waals surface area contributed by atoms with Gasteiger partial charge in [0.25, 0.3) is 5.91 Å². The molecule has 0 spiro atoms. The van der Waals surface area contributed by atoms with E-state index in [1.807, 2.05) is 0 Å². The number of carboxylic acids is 1. The zero-order valence-electron chi connectivity index (χ0n) is 11.4. The number of carbonyl (C=O) groups excluding carboxylic acids is 2. The molecule has 21 heavy (non-hydrogen) atoms. The lowest BCUT2D eigenvalue weighted by Crippen LogP contribution is -2.38. The van der Waals surface area contributed by atoms with Gasteiger partial charge in [0.2, 0.25) is 0 Å². The summed E-state index contributed by atoms with van der Waals surface area (Å²) in [5, 5.41) is 18.5. The van der Waals surface area contributed by atoms with Crippen LogP contribution in [-0.2, 0) is 16.1 Å². The number of nitrogens with one attached hydrogen (secondary N) is 1. The van der Waals surface area contributed by atoms with Crippen molar-refractivity contribution in [1.82, 2.24) is 25.2 Å². The number of nitrogens with zero attached hydrogens (tertiary/aromatic N) is 4. The fraction of sp³-hybridized carbons (Fsp3) is 0.545. The highest BCUT2D eigenvalue weighted by Crippen LogP contribution is 2.12. The second-order valence-electron chi connectivity index (χ2n) is 4.57. The zero-order chi connectivity index (χ0) is 15.4. The number of ether oxygens (including phenoxy) is 1. The maximum absolute atomic E-state index is 12.2. The van der Waals surface area contributed by atoms with Crippen LogP contribution in [0.15, 0.2) is 6.20 Å². The number of carbonyl (C=O) groups is 3. The van der Waals surface area contributed by atoms with Crippen molar-refractivity contribution in [2.75, 3.05) is 20.2 Å². The first-order valence-corrected chi connectivity index (χ1v) is 6.25. The lowest BCUT2D eigenvalue weighted by Gasteiger charge is -2.15. The second kappa shape index (κ2) is 6.20. The molecule has 1 aromatic rings. The first-order valence-electron chi connectivity index (χ1n) is 6.25. The van der Waals surface area contributed by atoms with Gasteiger partial charge in [-0.2, -0.15) is 0 Å². The van der Waals surface area contributed by atoms with Gasteiger partial charge in [0.05, 0.1) is 19.3 Å². The third kappa shape index (κ3) is 3.68. The SMILES string of the molecule is COC(=O)NC1CCN(C(=O)c2cn(CC(=O)O)nn2)C1. The summed E-state index contributed by atoms with van der Waals surface area (Å²) in [4.78, 5) is 35.3. The van der Waals surface area contributed by atoms with Crippen molar-refractivity contribution in [3.63, 3.8) is 0 Å². The van der Waals surface area contributed by atoms with Crippen LogP contribution < -0.4 is 5.32 Å². The van der Waals surface area contributed by atoms with Gasteiger partial charge in [0.15, 0.2) is 5.69 Å². The van der Waals surface area contributed by atoms with Gasteiger partial charge in [0.1, 0.15) is 6.54 Å². The molecule has 0 aliphatic carbocycles. The van der Waals surface area contributed by atoms with Gasteiger partial charge >= 0.3 is 12.1 Å². The maximum atomic E-state index is 12.2. The highest BCUT2D eigenvalue weighted by atomic mass is 16.5. The topological polar surface area (TPSA) is 127 Å². The molecule has 2 rings (SSSR count). The Morgan fingerprint density at radius 3 is 2.95 bits per heavy atom. The fourth-order valence-electron chi connectivity index (χ4n) is 2.06. The molecule has 1 aromatic heterocycles. The summed E-state index contributed by atoms with van der Waals surface area (Å²) in [7, 11) is 1.27. The molecule has 1 unspecified atom stereocenters. The monoisotopic (exact) mass is 297 g/mol. The van der Waals surface area contributed by atoms with Gasteiger partial charge in [-0.05, 0) is 6.42 Å². The fourth-order valence-corrected chi connectivity index (χ4v) is 2.06. The highest BCUT2D eigenvalue weighted by molar-refractivity contribution is 5.92. The number of amides is 2. The molecule has 0 bridgehead atoms. The summed E-state index contributed by atoms with van der Waals surface area (Å²) in [6, 6.07) is -0.171. The van der Waals surface area contributed by atoms with E-state index in [1.54, 1.807) is 0 Å². The average Bonchev–Trinajstić information content (AvgIpc) is 3.06. The van der Waals surface area contributed by atoms with Gasteiger partial charge in [-0.3, -0.25) is 9.59 Å². The van der Waals surface area contributed by atoms with Gasteiger partial charge in [0, 0.05) is 13.1 Å². The Morgan fingerprint density at radius 1 is 1.52 bits per heavy atom. The Hall–Kier alpha value is -2.65. The maximum Gasteiger partial charge on any atom is 0.407 e. The molecule has 10 nitrogen and oxygen atoms in total. The number of likely N-dealkylation sites (tertiary alicyclic amines) is 1. The number of alkyl carbamates (subject to hydrolysis) is 1. The van der Waals surface area contributed by atoms with Crippen molar-refractivity contribution in [3.8, 4) is 0 Å². The van der Waals surface area contributed by atoms with Crippen LogP contribution in [0.25, 0.3) is 0 Å². The third-order valence-electron chi connectivity index (χ3n) is 3.04. The normalized spacial score (nSPS) is 17.6. The summed E-state index contributed by atoms with van der Waals surface area (Å²) >= 11 is 0. The van der Waals surface area contributed by atoms with Crippen LogP contribution in [0.2, 0.25) is 0 Å². The molecule has 1 atom stereocenters. The van der Waals surface area contributed by atoms with Crippen LogP contribution in [0.4, 0.5) is 4.79 Å². The molecular formula is C11H15N5O5. The number of carboxylic acid groups (broad SMARTS) is 1. The van der Waals surface area contributed by atoms with Crippen LogP contribution in [0.1, 0.15) is 16.9 Å². The molecule has 1 aliphatic heterocycles. The molecular weight excluding hydrogens is 282 g/mol. The predicted molar refractivity (Wildman–Crippen MR) is 67.5 cm³/mol. The molecule has 0 aromatic carbocycles. The van der Waals surface area contributed by atoms with E-state index in [0.29, 0.717) is 19.5 Å². The summed E-state index contributed by atoms with van der Waals surface area (Å²) in [5.74, 6) is -1.41. The summed E-state index contributed by atoms with van der Waals surface area (Å²) < 4.78 is 5.58. The molecule has 1 saturated heterocycles. The Kier molecular flexibility index (Phi) is 4.36. The average molecular weight is 297 g/mol. The Morgan fingerprint density at radius 2 is 2.29 bits per heavy atom. The molecule has 0 radical (unpaired) electrons. The summed E-state index contributed by atoms with van der Waals surface area (Å²) in [6.07, 6.45) is 1.36. The number of methoxy groups -OCH3 is 1. The first-order chi connectivity index (χ1) is 9.99. The zero-order valence-corrected chi connectivity index (χ0v) is 11.4. The first kappa shape index (κ1) is 14.8. The van der Waals surface area contributed by atoms with Gasteiger partial charge in [-0.25, -0.2) is 9.48 Å². The van der Waals surface area contributed by atoms with Crippen molar-refractivity contribution in [2.24, 2.45) is 0 Å². The molecule has 2 heterocycles. The number of aliphatic carboxylic acids is 1. The van der Waals surface area contributed by atoms with E-state index in [1.165, 1.54) is 18.2 Å². The molecule has 1 fully saturated rings. The van der Waals surface area contributed by atoms with Crippen molar-refractivity contribution in [2.45, 2.75) is 19.0 Å². The van der Waals surface area contributed by atoms with Crippen LogP contribution >= 0.6 is 0 Å². The predicted octanol–water partition coefficient (Wildman–Crippen LogP) is -1.07. The van der Waals surface area contributed by atoms with Crippen molar-refractivity contribution in [3.05, 3.63) is 11.9 Å². The van der Waals surface area contributed by atoms with Gasteiger partial charge in [-0.1, -0.05) is 5.21 Å². The Bertz CT molecular complexity index is 557. The van der Waals surface area contributed by atoms with E-state index >= 15 is 0 Å². The van der Waals surface area contributed by atoms with Crippen LogP contribution in [0.3, 0.4) is 0 Å². The third-order valence-corrected chi connectivity index (χ3v) is 3.04. The number of rotatable bonds is 4. The lowest BCUT2D eigenvalue weighted by molar-refractivity contribution is -0.137. The molecule has 1 aliphatic rings. The second-order valence-corrected chi connectivity index (χ2v) is 4.57. The molecule has 10 heteroatoms. The highest BCUT2D eigenvalue weighted by Gasteiger charge is 2.29. The van der Waals surface area contributed by atoms with Crippen molar-refractivity contribution >= 4 is 18.0 Å². The van der Waals surface area contributed by atoms with E-state index in [9.17, 15) is 14.4 Å². The minimum absolute atomic E-state index is 0.0787. The molecule has 0 saturated carbocycles. The largest absolute Gasteiger partial charge is 0.480 e. The van der Waals surface area contributed by atoms with E-state index < -0.39 is 12.1 Å². The Labute approximate surface area is 119 Å². The lowest BCUT2D eigenvalue weighted by atomic mass is 10.3. The smallest absolute Gasteiger partial charge is 0.407 e. The van der Waals surface area contributed by atoms with Gasteiger partial charge in [-0.15, -0.1) is 5.10 Å². The number of hydrogen-bond donors (Lipinski definition) is 2. The van der Waals surface area contributed by atoms with Crippen molar-refractivity contribution in [1.29, 1.82) is 0 Å². The number of aromatic nitrogens is 3. The van der Waals surface area contributed by atoms with E-state index in [4.69, 9.17) is 5.11 Å². The van der Waals surface area contributed by atoms with Crippen LogP contribution in [0.5, 0.6) is 0 Å². The molecule has 2 N–H and O–H groups in total. The van der Waals surface area contributed by atoms with Crippen LogP contribution in [-0.4, -0.2) is 69.2 Å². The number of hydrogen-bond acceptors (Lipinski definition) is 6. The Balaban J connectivity index is 1.93. The molecule has 2 amide bonds. The van der Waals surface area contributed by atoms with Gasteiger partial charge < -0.3 is 20.1 Å². The van der Waals surface area contributed by atoms with E-state index in [0.717, 1.165) is 4.68 Å².